The number of hydrogen-bond donors (Lipinski definition) is 4. The van der Waals surface area contributed by atoms with Crippen molar-refractivity contribution in [3.8, 4) is 0 Å². The molecule has 0 spiro atoms. The number of carbonyl (C=O) groups is 2. The summed E-state index contributed by atoms with van der Waals surface area (Å²) in [6, 6.07) is 2.00. The minimum atomic E-state index is -1.13. The van der Waals surface area contributed by atoms with E-state index in [2.05, 4.69) is 15.6 Å². The largest absolute Gasteiger partial charge is 0.480 e. The Labute approximate surface area is 84.1 Å². The molecule has 1 aromatic heterocycles. The summed E-state index contributed by atoms with van der Waals surface area (Å²) in [5.74, 6) is -1.13. The van der Waals surface area contributed by atoms with Crippen molar-refractivity contribution in [2.75, 3.05) is 11.9 Å². The first-order chi connectivity index (χ1) is 7.08. The van der Waals surface area contributed by atoms with Gasteiger partial charge in [0, 0.05) is 12.3 Å². The zero-order valence-electron chi connectivity index (χ0n) is 7.61. The molecular weight excluding hydrogens is 202 g/mol. The highest BCUT2D eigenvalue weighted by Crippen LogP contribution is 1.99. The summed E-state index contributed by atoms with van der Waals surface area (Å²) >= 11 is 0. The Bertz CT molecular complexity index is 406. The number of urea groups is 1. The summed E-state index contributed by atoms with van der Waals surface area (Å²) in [7, 11) is 0. The highest BCUT2D eigenvalue weighted by molar-refractivity contribution is 5.90. The Morgan fingerprint density at radius 3 is 2.67 bits per heavy atom. The fourth-order valence-electron chi connectivity index (χ4n) is 0.820. The molecule has 80 valence electrons. The monoisotopic (exact) mass is 211 g/mol. The average Bonchev–Trinajstić information content (AvgIpc) is 2.19. The zero-order chi connectivity index (χ0) is 11.3. The fourth-order valence-corrected chi connectivity index (χ4v) is 0.820. The van der Waals surface area contributed by atoms with Crippen molar-refractivity contribution in [3.05, 3.63) is 28.7 Å². The van der Waals surface area contributed by atoms with E-state index in [1.54, 1.807) is 0 Å². The molecule has 1 aromatic rings. The van der Waals surface area contributed by atoms with Crippen LogP contribution >= 0.6 is 0 Å². The minimum absolute atomic E-state index is 0.286. The van der Waals surface area contributed by atoms with E-state index < -0.39 is 18.5 Å². The van der Waals surface area contributed by atoms with Crippen LogP contribution < -0.4 is 16.2 Å². The lowest BCUT2D eigenvalue weighted by Gasteiger charge is -2.04. The van der Waals surface area contributed by atoms with Crippen molar-refractivity contribution >= 4 is 17.7 Å². The number of aromatic nitrogens is 1. The molecule has 1 rings (SSSR count). The number of aromatic amines is 1. The van der Waals surface area contributed by atoms with Crippen LogP contribution in [-0.4, -0.2) is 28.6 Å². The SMILES string of the molecule is O=C(O)CNC(=O)Nc1ccc(=O)[nH]c1. The Hall–Kier alpha value is -2.31. The van der Waals surface area contributed by atoms with Crippen LogP contribution in [0.4, 0.5) is 10.5 Å². The zero-order valence-corrected chi connectivity index (χ0v) is 7.61. The molecular formula is C8H9N3O4. The lowest BCUT2D eigenvalue weighted by atomic mass is 10.4. The number of amides is 2. The molecule has 0 aliphatic heterocycles. The summed E-state index contributed by atoms with van der Waals surface area (Å²) < 4.78 is 0. The van der Waals surface area contributed by atoms with Crippen molar-refractivity contribution in [2.24, 2.45) is 0 Å². The number of rotatable bonds is 3. The smallest absolute Gasteiger partial charge is 0.323 e. The van der Waals surface area contributed by atoms with E-state index in [0.29, 0.717) is 5.69 Å². The second-order valence-electron chi connectivity index (χ2n) is 2.64. The topological polar surface area (TPSA) is 111 Å². The highest BCUT2D eigenvalue weighted by Gasteiger charge is 2.03. The van der Waals surface area contributed by atoms with Crippen LogP contribution in [0.2, 0.25) is 0 Å². The second kappa shape index (κ2) is 4.80. The van der Waals surface area contributed by atoms with Crippen molar-refractivity contribution < 1.29 is 14.7 Å². The summed E-state index contributed by atoms with van der Waals surface area (Å²) in [6.45, 7) is -0.463. The van der Waals surface area contributed by atoms with Crippen molar-refractivity contribution in [1.29, 1.82) is 0 Å². The number of nitrogens with one attached hydrogen (secondary N) is 3. The molecule has 4 N–H and O–H groups in total. The van der Waals surface area contributed by atoms with Crippen molar-refractivity contribution in [1.82, 2.24) is 10.3 Å². The van der Waals surface area contributed by atoms with Crippen LogP contribution in [0.15, 0.2) is 23.1 Å². The van der Waals surface area contributed by atoms with Gasteiger partial charge in [0.15, 0.2) is 0 Å². The van der Waals surface area contributed by atoms with E-state index in [1.807, 2.05) is 0 Å². The molecule has 0 aromatic carbocycles. The van der Waals surface area contributed by atoms with Gasteiger partial charge in [-0.05, 0) is 6.07 Å². The van der Waals surface area contributed by atoms with E-state index in [9.17, 15) is 14.4 Å². The first-order valence-corrected chi connectivity index (χ1v) is 4.03. The maximum absolute atomic E-state index is 11.0. The van der Waals surface area contributed by atoms with Crippen molar-refractivity contribution in [3.63, 3.8) is 0 Å². The molecule has 7 nitrogen and oxygen atoms in total. The van der Waals surface area contributed by atoms with Gasteiger partial charge in [-0.1, -0.05) is 0 Å². The Kier molecular flexibility index (Phi) is 3.44. The molecule has 0 saturated heterocycles. The molecule has 0 saturated carbocycles. The van der Waals surface area contributed by atoms with Crippen LogP contribution in [0, 0.1) is 0 Å². The molecule has 0 unspecified atom stereocenters. The van der Waals surface area contributed by atoms with E-state index in [0.717, 1.165) is 0 Å². The third-order valence-electron chi connectivity index (χ3n) is 1.44. The predicted octanol–water partition coefficient (Wildman–Crippen LogP) is -0.419. The summed E-state index contributed by atoms with van der Waals surface area (Å²) in [4.78, 5) is 34.2. The summed E-state index contributed by atoms with van der Waals surface area (Å²) in [5, 5.41) is 12.7. The Morgan fingerprint density at radius 1 is 1.40 bits per heavy atom. The lowest BCUT2D eigenvalue weighted by molar-refractivity contribution is -0.135. The molecule has 0 atom stereocenters. The van der Waals surface area contributed by atoms with Gasteiger partial charge < -0.3 is 20.7 Å². The predicted molar refractivity (Wildman–Crippen MR) is 51.7 cm³/mol. The number of aliphatic carboxylic acids is 1. The number of carboxylic acids is 1. The van der Waals surface area contributed by atoms with E-state index in [4.69, 9.17) is 5.11 Å². The quantitative estimate of drug-likeness (QED) is 0.544. The van der Waals surface area contributed by atoms with E-state index in [1.165, 1.54) is 18.3 Å². The Balaban J connectivity index is 2.48. The lowest BCUT2D eigenvalue weighted by Crippen LogP contribution is -2.33. The van der Waals surface area contributed by atoms with Crippen LogP contribution in [0.1, 0.15) is 0 Å². The highest BCUT2D eigenvalue weighted by atomic mass is 16.4. The third-order valence-corrected chi connectivity index (χ3v) is 1.44. The molecule has 0 aliphatic rings. The van der Waals surface area contributed by atoms with Crippen LogP contribution in [0.25, 0.3) is 0 Å². The normalized spacial score (nSPS) is 9.33. The van der Waals surface area contributed by atoms with Crippen LogP contribution in [-0.2, 0) is 4.79 Å². The van der Waals surface area contributed by atoms with E-state index >= 15 is 0 Å². The molecule has 0 radical (unpaired) electrons. The van der Waals surface area contributed by atoms with Crippen molar-refractivity contribution in [2.45, 2.75) is 0 Å². The van der Waals surface area contributed by atoms with Gasteiger partial charge in [0.25, 0.3) is 0 Å². The summed E-state index contributed by atoms with van der Waals surface area (Å²) in [6.07, 6.45) is 1.31. The number of carbonyl (C=O) groups excluding carboxylic acids is 1. The van der Waals surface area contributed by atoms with Gasteiger partial charge in [0.05, 0.1) is 5.69 Å². The first kappa shape index (κ1) is 10.8. The average molecular weight is 211 g/mol. The number of carboxylic acid groups (broad SMARTS) is 1. The molecule has 15 heavy (non-hydrogen) atoms. The van der Waals surface area contributed by atoms with E-state index in [-0.39, 0.29) is 5.56 Å². The van der Waals surface area contributed by atoms with Gasteiger partial charge in [-0.25, -0.2) is 4.79 Å². The maximum Gasteiger partial charge on any atom is 0.323 e. The molecule has 1 heterocycles. The van der Waals surface area contributed by atoms with Gasteiger partial charge in [-0.2, -0.15) is 0 Å². The number of hydrogen-bond acceptors (Lipinski definition) is 3. The van der Waals surface area contributed by atoms with Gasteiger partial charge in [0.2, 0.25) is 5.56 Å². The van der Waals surface area contributed by atoms with Gasteiger partial charge in [-0.15, -0.1) is 0 Å². The molecule has 0 bridgehead atoms. The maximum atomic E-state index is 11.0. The molecule has 0 aliphatic carbocycles. The number of anilines is 1. The van der Waals surface area contributed by atoms with Gasteiger partial charge >= 0.3 is 12.0 Å². The fraction of sp³-hybridized carbons (Fsp3) is 0.125. The number of H-pyrrole nitrogens is 1. The van der Waals surface area contributed by atoms with Gasteiger partial charge in [0.1, 0.15) is 6.54 Å². The molecule has 2 amide bonds. The van der Waals surface area contributed by atoms with Crippen LogP contribution in [0.5, 0.6) is 0 Å². The molecule has 0 fully saturated rings. The summed E-state index contributed by atoms with van der Waals surface area (Å²) in [5.41, 5.74) is 0.0870. The number of pyridine rings is 1. The van der Waals surface area contributed by atoms with Gasteiger partial charge in [-0.3, -0.25) is 9.59 Å². The Morgan fingerprint density at radius 2 is 2.13 bits per heavy atom. The second-order valence-corrected chi connectivity index (χ2v) is 2.64. The third kappa shape index (κ3) is 3.94. The molecule has 7 heteroatoms. The minimum Gasteiger partial charge on any atom is -0.480 e. The first-order valence-electron chi connectivity index (χ1n) is 4.03. The standard InChI is InChI=1S/C8H9N3O4/c12-6-2-1-5(3-9-6)11-8(15)10-4-7(13)14/h1-3H,4H2,(H,9,12)(H,13,14)(H2,10,11,15). The van der Waals surface area contributed by atoms with Crippen LogP contribution in [0.3, 0.4) is 0 Å².